The average Bonchev–Trinajstić information content (AvgIpc) is 2.32. The van der Waals surface area contributed by atoms with E-state index in [9.17, 15) is 4.79 Å². The monoisotopic (exact) mass is 219 g/mol. The third kappa shape index (κ3) is 2.86. The molecule has 2 rings (SSSR count). The van der Waals surface area contributed by atoms with Crippen molar-refractivity contribution in [3.8, 4) is 0 Å². The van der Waals surface area contributed by atoms with E-state index in [1.54, 1.807) is 12.1 Å². The summed E-state index contributed by atoms with van der Waals surface area (Å²) in [5.74, 6) is 0. The molecule has 0 fully saturated rings. The van der Waals surface area contributed by atoms with Gasteiger partial charge in [0.15, 0.2) is 0 Å². The summed E-state index contributed by atoms with van der Waals surface area (Å²) in [5.41, 5.74) is 1.35. The molecule has 0 unspecified atom stereocenters. The van der Waals surface area contributed by atoms with Gasteiger partial charge in [0.05, 0.1) is 0 Å². The first-order valence-electron chi connectivity index (χ1n) is 5.57. The quantitative estimate of drug-likeness (QED) is 0.788. The Bertz CT molecular complexity index is 503. The minimum Gasteiger partial charge on any atom is -0.423 e. The van der Waals surface area contributed by atoms with Crippen molar-refractivity contribution in [2.75, 3.05) is 11.9 Å². The third-order valence-corrected chi connectivity index (χ3v) is 2.00. The van der Waals surface area contributed by atoms with E-state index in [-0.39, 0.29) is 5.63 Å². The molecule has 0 radical (unpaired) electrons. The van der Waals surface area contributed by atoms with Gasteiger partial charge in [-0.05, 0) is 31.2 Å². The lowest BCUT2D eigenvalue weighted by atomic mass is 10.2. The molecule has 0 aliphatic carbocycles. The minimum absolute atomic E-state index is 0.311. The Balaban J connectivity index is 0.000000606. The van der Waals surface area contributed by atoms with Crippen LogP contribution in [0.1, 0.15) is 20.8 Å². The predicted molar refractivity (Wildman–Crippen MR) is 68.0 cm³/mol. The number of fused-ring (bicyclic) bond motifs is 1. The topological polar surface area (TPSA) is 42.2 Å². The summed E-state index contributed by atoms with van der Waals surface area (Å²) >= 11 is 0. The van der Waals surface area contributed by atoms with Gasteiger partial charge in [0.25, 0.3) is 0 Å². The molecule has 0 bridgehead atoms. The van der Waals surface area contributed by atoms with Crippen LogP contribution in [0, 0.1) is 0 Å². The molecule has 1 N–H and O–H groups in total. The molecule has 0 spiro atoms. The molecule has 1 aromatic carbocycles. The van der Waals surface area contributed by atoms with Crippen molar-refractivity contribution in [2.24, 2.45) is 0 Å². The SMILES string of the molecule is CC.CCNc1ccc2oc(=O)ccc2c1. The van der Waals surface area contributed by atoms with E-state index in [0.717, 1.165) is 17.6 Å². The Morgan fingerprint density at radius 2 is 1.94 bits per heavy atom. The van der Waals surface area contributed by atoms with Gasteiger partial charge in [-0.2, -0.15) is 0 Å². The van der Waals surface area contributed by atoms with Crippen molar-refractivity contribution in [2.45, 2.75) is 20.8 Å². The number of benzene rings is 1. The van der Waals surface area contributed by atoms with E-state index < -0.39 is 0 Å². The molecule has 2 aromatic rings. The van der Waals surface area contributed by atoms with E-state index >= 15 is 0 Å². The van der Waals surface area contributed by atoms with E-state index in [4.69, 9.17) is 4.42 Å². The van der Waals surface area contributed by atoms with Crippen molar-refractivity contribution in [1.29, 1.82) is 0 Å². The van der Waals surface area contributed by atoms with Gasteiger partial charge in [-0.3, -0.25) is 0 Å². The van der Waals surface area contributed by atoms with Crippen LogP contribution < -0.4 is 10.9 Å². The highest BCUT2D eigenvalue weighted by atomic mass is 16.4. The van der Waals surface area contributed by atoms with Gasteiger partial charge in [-0.25, -0.2) is 4.79 Å². The second kappa shape index (κ2) is 5.95. The first-order valence-corrected chi connectivity index (χ1v) is 5.57. The van der Waals surface area contributed by atoms with Crippen LogP contribution in [0.2, 0.25) is 0 Å². The molecular formula is C13H17NO2. The van der Waals surface area contributed by atoms with Gasteiger partial charge in [0.1, 0.15) is 5.58 Å². The highest BCUT2D eigenvalue weighted by molar-refractivity contribution is 5.80. The summed E-state index contributed by atoms with van der Waals surface area (Å²) < 4.78 is 5.01. The maximum Gasteiger partial charge on any atom is 0.336 e. The average molecular weight is 219 g/mol. The molecule has 0 aliphatic heterocycles. The molecule has 1 aromatic heterocycles. The van der Waals surface area contributed by atoms with Crippen molar-refractivity contribution in [3.05, 3.63) is 40.8 Å². The summed E-state index contributed by atoms with van der Waals surface area (Å²) in [6.45, 7) is 6.91. The largest absolute Gasteiger partial charge is 0.423 e. The second-order valence-corrected chi connectivity index (χ2v) is 3.04. The van der Waals surface area contributed by atoms with Gasteiger partial charge in [0, 0.05) is 23.7 Å². The molecule has 16 heavy (non-hydrogen) atoms. The van der Waals surface area contributed by atoms with E-state index in [2.05, 4.69) is 5.32 Å². The fourth-order valence-electron chi connectivity index (χ4n) is 1.39. The molecule has 1 heterocycles. The summed E-state index contributed by atoms with van der Waals surface area (Å²) in [7, 11) is 0. The lowest BCUT2D eigenvalue weighted by molar-refractivity contribution is 0.561. The standard InChI is InChI=1S/C11H11NO2.C2H6/c1-2-12-9-4-5-10-8(7-9)3-6-11(13)14-10;1-2/h3-7,12H,2H2,1H3;1-2H3. The molecule has 86 valence electrons. The van der Waals surface area contributed by atoms with Crippen LogP contribution in [-0.2, 0) is 0 Å². The Morgan fingerprint density at radius 3 is 2.62 bits per heavy atom. The van der Waals surface area contributed by atoms with E-state index in [1.165, 1.54) is 6.07 Å². The predicted octanol–water partition coefficient (Wildman–Crippen LogP) is 3.25. The number of nitrogens with one attached hydrogen (secondary N) is 1. The fraction of sp³-hybridized carbons (Fsp3) is 0.308. The molecule has 0 atom stereocenters. The smallest absolute Gasteiger partial charge is 0.336 e. The number of hydrogen-bond acceptors (Lipinski definition) is 3. The second-order valence-electron chi connectivity index (χ2n) is 3.04. The first kappa shape index (κ1) is 12.3. The Kier molecular flexibility index (Phi) is 4.58. The van der Waals surface area contributed by atoms with Crippen LogP contribution in [0.15, 0.2) is 39.5 Å². The van der Waals surface area contributed by atoms with Crippen LogP contribution in [-0.4, -0.2) is 6.54 Å². The van der Waals surface area contributed by atoms with Crippen molar-refractivity contribution >= 4 is 16.7 Å². The minimum atomic E-state index is -0.311. The summed E-state index contributed by atoms with van der Waals surface area (Å²) in [6.07, 6.45) is 0. The van der Waals surface area contributed by atoms with Crippen molar-refractivity contribution < 1.29 is 4.42 Å². The normalized spacial score (nSPS) is 9.44. The van der Waals surface area contributed by atoms with Gasteiger partial charge in [-0.1, -0.05) is 13.8 Å². The maximum atomic E-state index is 10.9. The first-order chi connectivity index (χ1) is 7.79. The summed E-state index contributed by atoms with van der Waals surface area (Å²) in [6, 6.07) is 8.85. The fourth-order valence-corrected chi connectivity index (χ4v) is 1.39. The molecular weight excluding hydrogens is 202 g/mol. The third-order valence-electron chi connectivity index (χ3n) is 2.00. The number of hydrogen-bond donors (Lipinski definition) is 1. The Labute approximate surface area is 95.1 Å². The number of anilines is 1. The van der Waals surface area contributed by atoms with Crippen LogP contribution in [0.4, 0.5) is 5.69 Å². The van der Waals surface area contributed by atoms with E-state index in [1.807, 2.05) is 32.9 Å². The molecule has 3 nitrogen and oxygen atoms in total. The zero-order valence-electron chi connectivity index (χ0n) is 9.91. The van der Waals surface area contributed by atoms with E-state index in [0.29, 0.717) is 5.58 Å². The maximum absolute atomic E-state index is 10.9. The highest BCUT2D eigenvalue weighted by Crippen LogP contribution is 2.17. The van der Waals surface area contributed by atoms with Crippen molar-refractivity contribution in [3.63, 3.8) is 0 Å². The zero-order chi connectivity index (χ0) is 12.0. The molecule has 0 amide bonds. The zero-order valence-corrected chi connectivity index (χ0v) is 9.91. The summed E-state index contributed by atoms with van der Waals surface area (Å²) in [4.78, 5) is 10.9. The van der Waals surface area contributed by atoms with Crippen molar-refractivity contribution in [1.82, 2.24) is 0 Å². The molecule has 0 saturated carbocycles. The van der Waals surface area contributed by atoms with Crippen LogP contribution >= 0.6 is 0 Å². The van der Waals surface area contributed by atoms with Gasteiger partial charge >= 0.3 is 5.63 Å². The van der Waals surface area contributed by atoms with Gasteiger partial charge < -0.3 is 9.73 Å². The number of rotatable bonds is 2. The van der Waals surface area contributed by atoms with Gasteiger partial charge in [0.2, 0.25) is 0 Å². The van der Waals surface area contributed by atoms with Gasteiger partial charge in [-0.15, -0.1) is 0 Å². The van der Waals surface area contributed by atoms with Crippen LogP contribution in [0.25, 0.3) is 11.0 Å². The molecule has 3 heteroatoms. The molecule has 0 aliphatic rings. The summed E-state index contributed by atoms with van der Waals surface area (Å²) in [5, 5.41) is 4.13. The van der Waals surface area contributed by atoms with Crippen LogP contribution in [0.3, 0.4) is 0 Å². The lowest BCUT2D eigenvalue weighted by Gasteiger charge is -2.03. The van der Waals surface area contributed by atoms with Crippen LogP contribution in [0.5, 0.6) is 0 Å². The Morgan fingerprint density at radius 1 is 1.19 bits per heavy atom. The molecule has 0 saturated heterocycles. The highest BCUT2D eigenvalue weighted by Gasteiger charge is 1.97. The Hall–Kier alpha value is -1.77. The lowest BCUT2D eigenvalue weighted by Crippen LogP contribution is -1.97.